The zero-order valence-electron chi connectivity index (χ0n) is 28.2. The first kappa shape index (κ1) is 37.9. The van der Waals surface area contributed by atoms with Crippen LogP contribution in [-0.4, -0.2) is 101 Å². The molecule has 0 aromatic heterocycles. The molecule has 5 N–H and O–H groups in total. The van der Waals surface area contributed by atoms with E-state index in [0.29, 0.717) is 31.2 Å². The first-order valence-electron chi connectivity index (χ1n) is 16.6. The van der Waals surface area contributed by atoms with Crippen molar-refractivity contribution in [3.05, 3.63) is 71.3 Å². The second-order valence-electron chi connectivity index (χ2n) is 12.5. The van der Waals surface area contributed by atoms with Crippen molar-refractivity contribution >= 4 is 52.7 Å². The van der Waals surface area contributed by atoms with Crippen molar-refractivity contribution < 1.29 is 38.6 Å². The quantitative estimate of drug-likeness (QED) is 0.159. The van der Waals surface area contributed by atoms with E-state index in [2.05, 4.69) is 10.6 Å². The maximum absolute atomic E-state index is 14.3. The number of aromatic hydroxyl groups is 1. The Balaban J connectivity index is 1.60. The fourth-order valence-corrected chi connectivity index (χ4v) is 6.52. The number of rotatable bonds is 15. The number of nitrogens with zero attached hydrogens (tertiary/aromatic N) is 2. The Morgan fingerprint density at radius 3 is 2.42 bits per heavy atom. The molecule has 13 nitrogen and oxygen atoms in total. The molecular weight excluding hydrogens is 666 g/mol. The molecule has 1 aliphatic carbocycles. The van der Waals surface area contributed by atoms with Crippen molar-refractivity contribution in [3.63, 3.8) is 0 Å². The van der Waals surface area contributed by atoms with Gasteiger partial charge in [0, 0.05) is 32.9 Å². The van der Waals surface area contributed by atoms with Gasteiger partial charge in [0.05, 0.1) is 7.11 Å². The van der Waals surface area contributed by atoms with Gasteiger partial charge >= 0.3 is 5.97 Å². The first-order valence-corrected chi connectivity index (χ1v) is 17.1. The van der Waals surface area contributed by atoms with Gasteiger partial charge in [-0.1, -0.05) is 42.5 Å². The minimum atomic E-state index is -1.13. The summed E-state index contributed by atoms with van der Waals surface area (Å²) in [4.78, 5) is 81.6. The highest BCUT2D eigenvalue weighted by atomic mass is 35.5. The number of hydrogen-bond donors (Lipinski definition) is 4. The average molecular weight is 710 g/mol. The molecule has 1 aliphatic heterocycles. The van der Waals surface area contributed by atoms with Crippen LogP contribution in [0.3, 0.4) is 0 Å². The molecule has 0 radical (unpaired) electrons. The molecule has 50 heavy (non-hydrogen) atoms. The fourth-order valence-electron chi connectivity index (χ4n) is 6.44. The predicted molar refractivity (Wildman–Crippen MR) is 185 cm³/mol. The summed E-state index contributed by atoms with van der Waals surface area (Å²) in [6.45, 7) is 0.218. The Labute approximate surface area is 296 Å². The highest BCUT2D eigenvalue weighted by Crippen LogP contribution is 2.31. The lowest BCUT2D eigenvalue weighted by Gasteiger charge is -2.38. The van der Waals surface area contributed by atoms with Crippen LogP contribution in [0.25, 0.3) is 5.57 Å². The van der Waals surface area contributed by atoms with Gasteiger partial charge in [-0.15, -0.1) is 11.6 Å². The number of carbonyl (C=O) groups is 6. The van der Waals surface area contributed by atoms with Gasteiger partial charge in [-0.05, 0) is 66.5 Å². The normalized spacial score (nSPS) is 17.0. The molecule has 1 fully saturated rings. The topological polar surface area (TPSA) is 188 Å². The largest absolute Gasteiger partial charge is 0.508 e. The van der Waals surface area contributed by atoms with Gasteiger partial charge in [-0.3, -0.25) is 28.8 Å². The van der Waals surface area contributed by atoms with Crippen LogP contribution in [0.4, 0.5) is 0 Å². The van der Waals surface area contributed by atoms with Crippen molar-refractivity contribution in [2.75, 3.05) is 26.6 Å². The zero-order valence-corrected chi connectivity index (χ0v) is 29.0. The number of phenolic OH excluding ortho intramolecular Hbond substituents is 1. The van der Waals surface area contributed by atoms with Crippen molar-refractivity contribution in [2.24, 2.45) is 5.73 Å². The van der Waals surface area contributed by atoms with Gasteiger partial charge in [-0.25, -0.2) is 0 Å². The first-order chi connectivity index (χ1) is 23.9. The monoisotopic (exact) mass is 709 g/mol. The molecule has 0 unspecified atom stereocenters. The summed E-state index contributed by atoms with van der Waals surface area (Å²) in [7, 11) is 2.67. The number of methoxy groups -OCH3 is 1. The van der Waals surface area contributed by atoms with Crippen LogP contribution in [0.5, 0.6) is 5.75 Å². The summed E-state index contributed by atoms with van der Waals surface area (Å²) in [6, 6.07) is 9.67. The number of allylic oxidation sites excluding steroid dienone is 1. The number of piperidine rings is 1. The van der Waals surface area contributed by atoms with E-state index in [1.165, 1.54) is 36.1 Å². The summed E-state index contributed by atoms with van der Waals surface area (Å²) in [5.41, 5.74) is 9.33. The fraction of sp³-hybridized carbons (Fsp3) is 0.444. The number of alkyl halides is 1. The molecule has 1 saturated heterocycles. The second kappa shape index (κ2) is 17.7. The van der Waals surface area contributed by atoms with Crippen molar-refractivity contribution in [1.29, 1.82) is 0 Å². The van der Waals surface area contributed by atoms with Crippen LogP contribution in [0.15, 0.2) is 54.6 Å². The third kappa shape index (κ3) is 9.62. The second-order valence-corrected chi connectivity index (χ2v) is 12.8. The van der Waals surface area contributed by atoms with Gasteiger partial charge in [0.25, 0.3) is 0 Å². The number of likely N-dealkylation sites (N-methyl/N-ethyl adjacent to an activating group) is 1. The predicted octanol–water partition coefficient (Wildman–Crippen LogP) is 1.82. The van der Waals surface area contributed by atoms with Crippen molar-refractivity contribution in [3.8, 4) is 5.75 Å². The van der Waals surface area contributed by atoms with Crippen LogP contribution in [-0.2, 0) is 46.3 Å². The Morgan fingerprint density at radius 2 is 1.74 bits per heavy atom. The van der Waals surface area contributed by atoms with Crippen molar-refractivity contribution in [2.45, 2.75) is 75.5 Å². The number of nitrogens with one attached hydrogen (secondary N) is 2. The number of fused-ring (bicyclic) bond motifs is 1. The maximum atomic E-state index is 14.3. The van der Waals surface area contributed by atoms with E-state index < -0.39 is 65.6 Å². The SMILES string of the molecule is COC(=O)CC[C@H](NC(=O)CCl)C(=O)N1CCCC[C@H]1C(=O)N[C@@H](CC1=CCc2ccccc21)C(=O)N(C)[C@@H](Cc1ccc(O)cc1)C(N)=O. The Hall–Kier alpha value is -4.91. The number of hydrogen-bond acceptors (Lipinski definition) is 8. The number of halogens is 1. The number of nitrogens with two attached hydrogens (primary N) is 1. The number of primary amides is 1. The summed E-state index contributed by atoms with van der Waals surface area (Å²) >= 11 is 5.69. The van der Waals surface area contributed by atoms with E-state index in [-0.39, 0.29) is 38.0 Å². The molecule has 2 aromatic rings. The molecule has 4 atom stereocenters. The molecule has 0 spiro atoms. The Morgan fingerprint density at radius 1 is 1.02 bits per heavy atom. The molecule has 1 heterocycles. The molecule has 5 amide bonds. The van der Waals surface area contributed by atoms with Crippen LogP contribution >= 0.6 is 11.6 Å². The van der Waals surface area contributed by atoms with Crippen LogP contribution < -0.4 is 16.4 Å². The summed E-state index contributed by atoms with van der Waals surface area (Å²) in [6.07, 6.45) is 4.19. The highest BCUT2D eigenvalue weighted by molar-refractivity contribution is 6.27. The number of ether oxygens (including phenoxy) is 1. The molecule has 268 valence electrons. The average Bonchev–Trinajstić information content (AvgIpc) is 3.53. The van der Waals surface area contributed by atoms with Crippen LogP contribution in [0.1, 0.15) is 55.2 Å². The third-order valence-corrected chi connectivity index (χ3v) is 9.43. The van der Waals surface area contributed by atoms with Gasteiger partial charge in [0.2, 0.25) is 29.5 Å². The Kier molecular flexibility index (Phi) is 13.4. The van der Waals surface area contributed by atoms with Gasteiger partial charge in [0.15, 0.2) is 0 Å². The summed E-state index contributed by atoms with van der Waals surface area (Å²) in [5.74, 6) is -3.94. The van der Waals surface area contributed by atoms with Crippen molar-refractivity contribution in [1.82, 2.24) is 20.4 Å². The standard InChI is InChI=1S/C36H44ClN5O8/c1-41(30(33(38)46)19-22-10-14-25(43)15-11-22)35(48)28(20-24-13-12-23-7-3-4-8-26(23)24)40-34(47)29-9-5-6-18-42(29)36(49)27(39-31(44)21-37)16-17-32(45)50-2/h3-4,7-8,10-11,13-15,27-30,43H,5-6,9,12,16-21H2,1-2H3,(H2,38,46)(H,39,44)(H,40,47)/t27-,28-,29-,30-/m0/s1. The number of phenols is 1. The number of esters is 1. The maximum Gasteiger partial charge on any atom is 0.305 e. The minimum absolute atomic E-state index is 0.0492. The molecular formula is C36H44ClN5O8. The molecule has 2 aliphatic rings. The summed E-state index contributed by atoms with van der Waals surface area (Å²) in [5, 5.41) is 15.1. The molecule has 0 bridgehead atoms. The zero-order chi connectivity index (χ0) is 36.4. The third-order valence-electron chi connectivity index (χ3n) is 9.19. The van der Waals surface area contributed by atoms with E-state index >= 15 is 0 Å². The van der Waals surface area contributed by atoms with E-state index in [1.54, 1.807) is 12.1 Å². The van der Waals surface area contributed by atoms with Gasteiger partial charge < -0.3 is 36.0 Å². The van der Waals surface area contributed by atoms with Gasteiger partial charge in [0.1, 0.15) is 35.8 Å². The molecule has 4 rings (SSSR count). The highest BCUT2D eigenvalue weighted by Gasteiger charge is 2.39. The lowest BCUT2D eigenvalue weighted by Crippen LogP contribution is -2.60. The molecule has 0 saturated carbocycles. The van der Waals surface area contributed by atoms with Gasteiger partial charge in [-0.2, -0.15) is 0 Å². The number of carbonyl (C=O) groups excluding carboxylic acids is 6. The van der Waals surface area contributed by atoms with E-state index in [4.69, 9.17) is 22.1 Å². The smallest absolute Gasteiger partial charge is 0.305 e. The Bertz CT molecular complexity index is 1610. The summed E-state index contributed by atoms with van der Waals surface area (Å²) < 4.78 is 4.70. The number of benzene rings is 2. The molecule has 2 aromatic carbocycles. The minimum Gasteiger partial charge on any atom is -0.508 e. The number of amides is 5. The lowest BCUT2D eigenvalue weighted by molar-refractivity contribution is -0.147. The lowest BCUT2D eigenvalue weighted by atomic mass is 9.96. The number of likely N-dealkylation sites (tertiary alicyclic amines) is 1. The van der Waals surface area contributed by atoms with E-state index in [9.17, 15) is 33.9 Å². The van der Waals surface area contributed by atoms with E-state index in [1.807, 2.05) is 30.3 Å². The molecule has 14 heteroatoms. The van der Waals surface area contributed by atoms with Crippen LogP contribution in [0, 0.1) is 0 Å². The van der Waals surface area contributed by atoms with Crippen LogP contribution in [0.2, 0.25) is 0 Å². The van der Waals surface area contributed by atoms with E-state index in [0.717, 1.165) is 16.7 Å².